The van der Waals surface area contributed by atoms with E-state index in [1.165, 1.54) is 0 Å². The molecule has 0 radical (unpaired) electrons. The van der Waals surface area contributed by atoms with Gasteiger partial charge in [0.1, 0.15) is 18.1 Å². The number of fused-ring (bicyclic) bond motifs is 3. The van der Waals surface area contributed by atoms with Gasteiger partial charge in [0.25, 0.3) is 0 Å². The molecule has 2 aliphatic heterocycles. The fourth-order valence-corrected chi connectivity index (χ4v) is 3.53. The van der Waals surface area contributed by atoms with Gasteiger partial charge < -0.3 is 13.9 Å². The number of aryl methyl sites for hydroxylation is 1. The lowest BCUT2D eigenvalue weighted by Gasteiger charge is -2.30. The lowest BCUT2D eigenvalue weighted by Crippen LogP contribution is -2.37. The molecule has 23 heavy (non-hydrogen) atoms. The summed E-state index contributed by atoms with van der Waals surface area (Å²) in [6.07, 6.45) is 3.33. The molecule has 4 rings (SSSR count). The van der Waals surface area contributed by atoms with Crippen LogP contribution in [0.3, 0.4) is 0 Å². The number of ether oxygens (including phenoxy) is 2. The normalized spacial score (nSPS) is 21.3. The summed E-state index contributed by atoms with van der Waals surface area (Å²) in [6.45, 7) is 5.04. The van der Waals surface area contributed by atoms with Gasteiger partial charge in [-0.05, 0) is 37.0 Å². The summed E-state index contributed by atoms with van der Waals surface area (Å²) in [5, 5.41) is 1.01. The lowest BCUT2D eigenvalue weighted by molar-refractivity contribution is 0.0281. The van der Waals surface area contributed by atoms with E-state index in [4.69, 9.17) is 13.9 Å². The first-order valence-electron chi connectivity index (χ1n) is 8.30. The molecule has 1 saturated heterocycles. The van der Waals surface area contributed by atoms with Crippen molar-refractivity contribution in [2.75, 3.05) is 19.9 Å². The minimum absolute atomic E-state index is 0.285. The van der Waals surface area contributed by atoms with Crippen LogP contribution in [0.15, 0.2) is 27.4 Å². The maximum atomic E-state index is 11.9. The highest BCUT2D eigenvalue weighted by molar-refractivity contribution is 5.85. The van der Waals surface area contributed by atoms with Gasteiger partial charge in [-0.25, -0.2) is 4.79 Å². The van der Waals surface area contributed by atoms with Crippen LogP contribution < -0.4 is 10.4 Å². The zero-order valence-corrected chi connectivity index (χ0v) is 13.3. The summed E-state index contributed by atoms with van der Waals surface area (Å²) in [5.41, 5.74) is 2.37. The summed E-state index contributed by atoms with van der Waals surface area (Å²) >= 11 is 0. The second-order valence-electron chi connectivity index (χ2n) is 6.28. The Bertz CT molecular complexity index is 776. The minimum Gasteiger partial charge on any atom is -0.478 e. The summed E-state index contributed by atoms with van der Waals surface area (Å²) < 4.78 is 17.1. The Labute approximate surface area is 134 Å². The van der Waals surface area contributed by atoms with E-state index in [-0.39, 0.29) is 11.7 Å². The second-order valence-corrected chi connectivity index (χ2v) is 6.28. The molecule has 3 heterocycles. The molecule has 0 bridgehead atoms. The van der Waals surface area contributed by atoms with Crippen LogP contribution in [0.1, 0.15) is 30.9 Å². The molecule has 1 unspecified atom stereocenters. The van der Waals surface area contributed by atoms with Crippen molar-refractivity contribution in [3.63, 3.8) is 0 Å². The van der Waals surface area contributed by atoms with Crippen molar-refractivity contribution in [1.82, 2.24) is 4.90 Å². The smallest absolute Gasteiger partial charge is 0.336 e. The molecule has 2 aromatic rings. The third-order valence-corrected chi connectivity index (χ3v) is 4.71. The molecule has 1 fully saturated rings. The number of benzene rings is 1. The van der Waals surface area contributed by atoms with E-state index in [9.17, 15) is 4.79 Å². The quantitative estimate of drug-likeness (QED) is 0.815. The summed E-state index contributed by atoms with van der Waals surface area (Å²) in [6, 6.07) is 5.56. The highest BCUT2D eigenvalue weighted by Crippen LogP contribution is 2.33. The molecule has 1 aromatic carbocycles. The van der Waals surface area contributed by atoms with Crippen molar-refractivity contribution < 1.29 is 13.9 Å². The van der Waals surface area contributed by atoms with Crippen LogP contribution in [0, 0.1) is 0 Å². The summed E-state index contributed by atoms with van der Waals surface area (Å²) in [7, 11) is 0. The molecule has 1 aromatic heterocycles. The molecular formula is C18H21NO4. The van der Waals surface area contributed by atoms with Gasteiger partial charge >= 0.3 is 5.63 Å². The van der Waals surface area contributed by atoms with Crippen LogP contribution in [0.4, 0.5) is 0 Å². The van der Waals surface area contributed by atoms with Crippen LogP contribution >= 0.6 is 0 Å². The zero-order chi connectivity index (χ0) is 15.8. The fraction of sp³-hybridized carbons (Fsp3) is 0.500. The van der Waals surface area contributed by atoms with Crippen molar-refractivity contribution in [2.24, 2.45) is 0 Å². The van der Waals surface area contributed by atoms with Gasteiger partial charge in [-0.3, -0.25) is 4.90 Å². The largest absolute Gasteiger partial charge is 0.478 e. The van der Waals surface area contributed by atoms with Crippen molar-refractivity contribution in [3.05, 3.63) is 39.7 Å². The van der Waals surface area contributed by atoms with Crippen molar-refractivity contribution in [2.45, 2.75) is 38.8 Å². The molecule has 0 amide bonds. The van der Waals surface area contributed by atoms with Gasteiger partial charge in [0.15, 0.2) is 0 Å². The van der Waals surface area contributed by atoms with Crippen LogP contribution in [0.25, 0.3) is 11.0 Å². The van der Waals surface area contributed by atoms with Gasteiger partial charge in [-0.15, -0.1) is 0 Å². The van der Waals surface area contributed by atoms with E-state index in [0.717, 1.165) is 61.2 Å². The Hall–Kier alpha value is -1.85. The third-order valence-electron chi connectivity index (χ3n) is 4.71. The number of rotatable bonds is 3. The molecule has 0 spiro atoms. The van der Waals surface area contributed by atoms with Crippen LogP contribution in [0.2, 0.25) is 0 Å². The van der Waals surface area contributed by atoms with Crippen LogP contribution in [0.5, 0.6) is 5.75 Å². The summed E-state index contributed by atoms with van der Waals surface area (Å²) in [4.78, 5) is 14.1. The molecule has 0 N–H and O–H groups in total. The number of nitrogens with zero attached hydrogens (tertiary/aromatic N) is 1. The van der Waals surface area contributed by atoms with Gasteiger partial charge in [-0.2, -0.15) is 0 Å². The average molecular weight is 315 g/mol. The highest BCUT2D eigenvalue weighted by Gasteiger charge is 2.25. The van der Waals surface area contributed by atoms with E-state index in [0.29, 0.717) is 12.3 Å². The first-order chi connectivity index (χ1) is 11.2. The van der Waals surface area contributed by atoms with Gasteiger partial charge in [0, 0.05) is 31.1 Å². The standard InChI is InChI=1S/C18H21NO4/c1-2-12-8-17(20)23-18-14(12)5-6-16-15(18)10-19(11-22-16)9-13-4-3-7-21-13/h5-6,8,13H,2-4,7,9-11H2,1H3. The van der Waals surface area contributed by atoms with E-state index in [2.05, 4.69) is 4.90 Å². The Balaban J connectivity index is 1.70. The van der Waals surface area contributed by atoms with Crippen LogP contribution in [-0.4, -0.2) is 30.9 Å². The first kappa shape index (κ1) is 14.7. The Morgan fingerprint density at radius 2 is 2.26 bits per heavy atom. The monoisotopic (exact) mass is 315 g/mol. The van der Waals surface area contributed by atoms with Gasteiger partial charge in [0.2, 0.25) is 0 Å². The van der Waals surface area contributed by atoms with Gasteiger partial charge in [0.05, 0.1) is 11.7 Å². The predicted molar refractivity (Wildman–Crippen MR) is 86.7 cm³/mol. The molecule has 2 aliphatic rings. The maximum Gasteiger partial charge on any atom is 0.336 e. The van der Waals surface area contributed by atoms with E-state index < -0.39 is 0 Å². The maximum absolute atomic E-state index is 11.9. The molecule has 0 saturated carbocycles. The predicted octanol–water partition coefficient (Wildman–Crippen LogP) is 2.69. The van der Waals surface area contributed by atoms with Crippen molar-refractivity contribution >= 4 is 11.0 Å². The van der Waals surface area contributed by atoms with Gasteiger partial charge in [-0.1, -0.05) is 6.92 Å². The molecule has 5 heteroatoms. The zero-order valence-electron chi connectivity index (χ0n) is 13.3. The number of hydrogen-bond donors (Lipinski definition) is 0. The van der Waals surface area contributed by atoms with Crippen molar-refractivity contribution in [3.8, 4) is 5.75 Å². The van der Waals surface area contributed by atoms with Crippen molar-refractivity contribution in [1.29, 1.82) is 0 Å². The Morgan fingerprint density at radius 1 is 1.35 bits per heavy atom. The van der Waals surface area contributed by atoms with Crippen LogP contribution in [-0.2, 0) is 17.7 Å². The summed E-state index contributed by atoms with van der Waals surface area (Å²) in [5.74, 6) is 0.817. The molecular weight excluding hydrogens is 294 g/mol. The van der Waals surface area contributed by atoms with E-state index >= 15 is 0 Å². The topological polar surface area (TPSA) is 51.9 Å². The Kier molecular flexibility index (Phi) is 3.83. The molecule has 5 nitrogen and oxygen atoms in total. The van der Waals surface area contributed by atoms with E-state index in [1.54, 1.807) is 6.07 Å². The second kappa shape index (κ2) is 5.98. The number of hydrogen-bond acceptors (Lipinski definition) is 5. The molecule has 0 aliphatic carbocycles. The average Bonchev–Trinajstić information content (AvgIpc) is 3.07. The van der Waals surface area contributed by atoms with E-state index in [1.807, 2.05) is 19.1 Å². The first-order valence-corrected chi connectivity index (χ1v) is 8.30. The SMILES string of the molecule is CCc1cc(=O)oc2c3c(ccc12)OCN(CC1CCCO1)C3. The third kappa shape index (κ3) is 2.75. The molecule has 122 valence electrons. The Morgan fingerprint density at radius 3 is 3.04 bits per heavy atom. The fourth-order valence-electron chi connectivity index (χ4n) is 3.53. The minimum atomic E-state index is -0.293. The highest BCUT2D eigenvalue weighted by atomic mass is 16.5. The lowest BCUT2D eigenvalue weighted by atomic mass is 10.0. The molecule has 1 atom stereocenters.